The lowest BCUT2D eigenvalue weighted by atomic mass is 10.1. The summed E-state index contributed by atoms with van der Waals surface area (Å²) in [5.74, 6) is 0.571. The van der Waals surface area contributed by atoms with Crippen molar-refractivity contribution >= 4 is 15.9 Å². The van der Waals surface area contributed by atoms with Crippen LogP contribution in [0.3, 0.4) is 0 Å². The number of hydrogen-bond acceptors (Lipinski definition) is 4. The van der Waals surface area contributed by atoms with Crippen molar-refractivity contribution in [3.8, 4) is 0 Å². The van der Waals surface area contributed by atoms with Crippen LogP contribution in [-0.4, -0.2) is 68.0 Å². The van der Waals surface area contributed by atoms with Crippen LogP contribution in [0.4, 0.5) is 4.79 Å². The van der Waals surface area contributed by atoms with Crippen LogP contribution in [-0.2, 0) is 16.4 Å². The first-order valence-electron chi connectivity index (χ1n) is 8.46. The second-order valence-electron chi connectivity index (χ2n) is 6.72. The Balaban J connectivity index is 1.44. The molecule has 2 heterocycles. The van der Waals surface area contributed by atoms with Crippen molar-refractivity contribution in [2.45, 2.75) is 25.9 Å². The summed E-state index contributed by atoms with van der Waals surface area (Å²) in [6.07, 6.45) is 0.724. The van der Waals surface area contributed by atoms with E-state index in [-0.39, 0.29) is 17.8 Å². The Bertz CT molecular complexity index is 680. The molecule has 1 N–H and O–H groups in total. The fraction of sp³-hybridized carbons (Fsp3) is 0.588. The van der Waals surface area contributed by atoms with Crippen LogP contribution in [0.1, 0.15) is 17.5 Å². The van der Waals surface area contributed by atoms with E-state index in [0.717, 1.165) is 25.1 Å². The molecule has 1 atom stereocenters. The molecule has 6 nitrogen and oxygen atoms in total. The Morgan fingerprint density at radius 2 is 1.83 bits per heavy atom. The van der Waals surface area contributed by atoms with Crippen LogP contribution in [0, 0.1) is 6.92 Å². The van der Waals surface area contributed by atoms with Crippen molar-refractivity contribution in [1.82, 2.24) is 15.1 Å². The van der Waals surface area contributed by atoms with E-state index in [4.69, 9.17) is 0 Å². The van der Waals surface area contributed by atoms with E-state index in [2.05, 4.69) is 10.2 Å². The summed E-state index contributed by atoms with van der Waals surface area (Å²) >= 11 is 0. The highest BCUT2D eigenvalue weighted by atomic mass is 32.2. The maximum absolute atomic E-state index is 12.3. The maximum Gasteiger partial charge on any atom is 0.317 e. The molecule has 24 heavy (non-hydrogen) atoms. The van der Waals surface area contributed by atoms with E-state index >= 15 is 0 Å². The zero-order chi connectivity index (χ0) is 17.2. The van der Waals surface area contributed by atoms with Crippen molar-refractivity contribution in [2.75, 3.05) is 37.7 Å². The van der Waals surface area contributed by atoms with Gasteiger partial charge >= 0.3 is 6.03 Å². The second kappa shape index (κ2) is 7.11. The van der Waals surface area contributed by atoms with Gasteiger partial charge in [-0.25, -0.2) is 13.2 Å². The third-order valence-electron chi connectivity index (χ3n) is 4.89. The summed E-state index contributed by atoms with van der Waals surface area (Å²) in [6.45, 7) is 5.36. The summed E-state index contributed by atoms with van der Waals surface area (Å²) < 4.78 is 23.2. The number of benzene rings is 1. The summed E-state index contributed by atoms with van der Waals surface area (Å²) in [6, 6.07) is 8.20. The molecule has 3 rings (SSSR count). The van der Waals surface area contributed by atoms with E-state index < -0.39 is 9.84 Å². The molecule has 0 aliphatic carbocycles. The number of amides is 2. The average molecular weight is 351 g/mol. The highest BCUT2D eigenvalue weighted by Gasteiger charge is 2.34. The quantitative estimate of drug-likeness (QED) is 0.882. The molecule has 2 amide bonds. The van der Waals surface area contributed by atoms with Crippen molar-refractivity contribution in [3.63, 3.8) is 0 Å². The molecule has 1 aromatic rings. The van der Waals surface area contributed by atoms with Crippen LogP contribution in [0.25, 0.3) is 0 Å². The third-order valence-corrected chi connectivity index (χ3v) is 6.64. The predicted molar refractivity (Wildman–Crippen MR) is 93.6 cm³/mol. The Labute approximate surface area is 143 Å². The minimum Gasteiger partial charge on any atom is -0.334 e. The van der Waals surface area contributed by atoms with E-state index in [1.54, 1.807) is 0 Å². The van der Waals surface area contributed by atoms with Crippen molar-refractivity contribution in [2.24, 2.45) is 0 Å². The fourth-order valence-corrected chi connectivity index (χ4v) is 5.11. The summed E-state index contributed by atoms with van der Waals surface area (Å²) in [5.41, 5.74) is 2.29. The first kappa shape index (κ1) is 17.2. The molecule has 0 radical (unpaired) electrons. The lowest BCUT2D eigenvalue weighted by molar-refractivity contribution is 0.115. The van der Waals surface area contributed by atoms with Crippen molar-refractivity contribution in [3.05, 3.63) is 35.4 Å². The lowest BCUT2D eigenvalue weighted by Crippen LogP contribution is -2.54. The van der Waals surface area contributed by atoms with Gasteiger partial charge < -0.3 is 10.2 Å². The SMILES string of the molecule is Cc1ccc(CNC(=O)N2CCN(C3CCS(=O)(=O)C3)CC2)cc1. The Morgan fingerprint density at radius 1 is 1.17 bits per heavy atom. The highest BCUT2D eigenvalue weighted by Crippen LogP contribution is 2.19. The minimum absolute atomic E-state index is 0.0470. The molecular weight excluding hydrogens is 326 g/mol. The molecule has 2 aliphatic heterocycles. The molecule has 1 aromatic carbocycles. The van der Waals surface area contributed by atoms with Crippen LogP contribution < -0.4 is 5.32 Å². The highest BCUT2D eigenvalue weighted by molar-refractivity contribution is 7.91. The molecule has 0 saturated carbocycles. The number of carbonyl (C=O) groups excluding carboxylic acids is 1. The molecule has 1 unspecified atom stereocenters. The summed E-state index contributed by atoms with van der Waals surface area (Å²) in [7, 11) is -2.85. The predicted octanol–water partition coefficient (Wildman–Crippen LogP) is 1.01. The average Bonchev–Trinajstić information content (AvgIpc) is 2.94. The molecule has 7 heteroatoms. The van der Waals surface area contributed by atoms with Crippen LogP contribution in [0.2, 0.25) is 0 Å². The minimum atomic E-state index is -2.85. The Morgan fingerprint density at radius 3 is 2.42 bits per heavy atom. The lowest BCUT2D eigenvalue weighted by Gasteiger charge is -2.37. The number of aryl methyl sites for hydroxylation is 1. The normalized spacial score (nSPS) is 24.0. The number of nitrogens with one attached hydrogen (secondary N) is 1. The van der Waals surface area contributed by atoms with Crippen LogP contribution >= 0.6 is 0 Å². The zero-order valence-corrected chi connectivity index (χ0v) is 14.9. The Kier molecular flexibility index (Phi) is 5.10. The van der Waals surface area contributed by atoms with E-state index in [1.165, 1.54) is 5.56 Å². The summed E-state index contributed by atoms with van der Waals surface area (Å²) in [4.78, 5) is 16.3. The number of piperazine rings is 1. The number of urea groups is 1. The van der Waals surface area contributed by atoms with Crippen molar-refractivity contribution < 1.29 is 13.2 Å². The van der Waals surface area contributed by atoms with Gasteiger partial charge in [-0.2, -0.15) is 0 Å². The van der Waals surface area contributed by atoms with E-state index in [0.29, 0.717) is 25.4 Å². The van der Waals surface area contributed by atoms with Gasteiger partial charge in [-0.3, -0.25) is 4.90 Å². The van der Waals surface area contributed by atoms with Gasteiger partial charge in [0.1, 0.15) is 0 Å². The monoisotopic (exact) mass is 351 g/mol. The van der Waals surface area contributed by atoms with Crippen LogP contribution in [0.5, 0.6) is 0 Å². The number of hydrogen-bond donors (Lipinski definition) is 1. The largest absolute Gasteiger partial charge is 0.334 e. The standard InChI is InChI=1S/C17H25N3O3S/c1-14-2-4-15(5-3-14)12-18-17(21)20-9-7-19(8-10-20)16-6-11-24(22,23)13-16/h2-5,16H,6-13H2,1H3,(H,18,21). The van der Waals surface area contributed by atoms with Gasteiger partial charge in [0, 0.05) is 38.8 Å². The van der Waals surface area contributed by atoms with E-state index in [1.807, 2.05) is 36.1 Å². The molecule has 2 fully saturated rings. The zero-order valence-electron chi connectivity index (χ0n) is 14.1. The summed E-state index contributed by atoms with van der Waals surface area (Å²) in [5, 5.41) is 2.96. The molecule has 0 spiro atoms. The van der Waals surface area contributed by atoms with Gasteiger partial charge in [0.2, 0.25) is 0 Å². The molecule has 132 valence electrons. The number of nitrogens with zero attached hydrogens (tertiary/aromatic N) is 2. The van der Waals surface area contributed by atoms with E-state index in [9.17, 15) is 13.2 Å². The van der Waals surface area contributed by atoms with Crippen molar-refractivity contribution in [1.29, 1.82) is 0 Å². The topological polar surface area (TPSA) is 69.7 Å². The molecule has 0 aromatic heterocycles. The first-order chi connectivity index (χ1) is 11.4. The molecular formula is C17H25N3O3S. The maximum atomic E-state index is 12.3. The number of rotatable bonds is 3. The fourth-order valence-electron chi connectivity index (χ4n) is 3.35. The smallest absolute Gasteiger partial charge is 0.317 e. The number of sulfone groups is 1. The van der Waals surface area contributed by atoms with Gasteiger partial charge in [0.25, 0.3) is 0 Å². The van der Waals surface area contributed by atoms with Crippen LogP contribution in [0.15, 0.2) is 24.3 Å². The second-order valence-corrected chi connectivity index (χ2v) is 8.95. The Hall–Kier alpha value is -1.60. The van der Waals surface area contributed by atoms with Gasteiger partial charge in [-0.1, -0.05) is 29.8 Å². The van der Waals surface area contributed by atoms with Gasteiger partial charge in [-0.05, 0) is 18.9 Å². The molecule has 2 aliphatic rings. The van der Waals surface area contributed by atoms with Gasteiger partial charge in [-0.15, -0.1) is 0 Å². The molecule has 2 saturated heterocycles. The molecule has 0 bridgehead atoms. The van der Waals surface area contributed by atoms with Gasteiger partial charge in [0.15, 0.2) is 9.84 Å². The number of carbonyl (C=O) groups is 1. The third kappa shape index (κ3) is 4.27. The van der Waals surface area contributed by atoms with Gasteiger partial charge in [0.05, 0.1) is 11.5 Å². The first-order valence-corrected chi connectivity index (χ1v) is 10.3.